The number of benzene rings is 1. The lowest BCUT2D eigenvalue weighted by Crippen LogP contribution is -2.15. The van der Waals surface area contributed by atoms with Crippen molar-refractivity contribution in [1.82, 2.24) is 5.32 Å². The normalized spacial score (nSPS) is 9.69. The summed E-state index contributed by atoms with van der Waals surface area (Å²) in [5.74, 6) is 0. The molecule has 0 fully saturated rings. The van der Waals surface area contributed by atoms with Gasteiger partial charge < -0.3 is 10.4 Å². The van der Waals surface area contributed by atoms with Gasteiger partial charge in [0.25, 0.3) is 0 Å². The smallest absolute Gasteiger partial charge is 0.0604 e. The quantitative estimate of drug-likeness (QED) is 0.731. The number of hydrogen-bond donors (Lipinski definition) is 2. The molecule has 2 N–H and O–H groups in total. The molecule has 70 valence electrons. The zero-order valence-corrected chi connectivity index (χ0v) is 7.88. The van der Waals surface area contributed by atoms with Gasteiger partial charge in [-0.2, -0.15) is 0 Å². The van der Waals surface area contributed by atoms with E-state index < -0.39 is 0 Å². The Bertz CT molecular complexity index is 277. The summed E-state index contributed by atoms with van der Waals surface area (Å²) in [5, 5.41) is 11.6. The largest absolute Gasteiger partial charge is 0.395 e. The lowest BCUT2D eigenvalue weighted by Gasteiger charge is -2.07. The van der Waals surface area contributed by atoms with Crippen molar-refractivity contribution in [2.75, 3.05) is 13.2 Å². The molecule has 0 spiro atoms. The minimum atomic E-state index is 0.130. The second-order valence-corrected chi connectivity index (χ2v) is 2.99. The summed E-state index contributed by atoms with van der Waals surface area (Å²) in [7, 11) is 0. The molecule has 0 heterocycles. The van der Waals surface area contributed by atoms with E-state index in [0.717, 1.165) is 11.3 Å². The third-order valence-electron chi connectivity index (χ3n) is 1.85. The summed E-state index contributed by atoms with van der Waals surface area (Å²) in [4.78, 5) is 0. The van der Waals surface area contributed by atoms with Gasteiger partial charge in [0.1, 0.15) is 0 Å². The molecule has 0 saturated heterocycles. The molecule has 0 amide bonds. The highest BCUT2D eigenvalue weighted by atomic mass is 16.3. The zero-order chi connectivity index (χ0) is 9.68. The van der Waals surface area contributed by atoms with Gasteiger partial charge >= 0.3 is 0 Å². The van der Waals surface area contributed by atoms with Gasteiger partial charge in [-0.05, 0) is 12.5 Å². The minimum Gasteiger partial charge on any atom is -0.395 e. The van der Waals surface area contributed by atoms with E-state index in [1.807, 2.05) is 31.2 Å². The Hall–Kier alpha value is -1.28. The lowest BCUT2D eigenvalue weighted by molar-refractivity contribution is 0.299. The van der Waals surface area contributed by atoms with Crippen LogP contribution in [0.4, 0.5) is 0 Å². The first-order chi connectivity index (χ1) is 6.24. The Morgan fingerprint density at radius 2 is 2.00 bits per heavy atom. The maximum absolute atomic E-state index is 8.60. The van der Waals surface area contributed by atoms with E-state index in [4.69, 9.17) is 5.11 Å². The minimum absolute atomic E-state index is 0.130. The van der Waals surface area contributed by atoms with Crippen LogP contribution in [0.2, 0.25) is 0 Å². The first-order valence-corrected chi connectivity index (χ1v) is 4.34. The molecule has 0 saturated carbocycles. The third kappa shape index (κ3) is 2.92. The van der Waals surface area contributed by atoms with Crippen molar-refractivity contribution in [2.45, 2.75) is 6.92 Å². The molecule has 2 heteroatoms. The van der Waals surface area contributed by atoms with Gasteiger partial charge in [-0.15, -0.1) is 0 Å². The van der Waals surface area contributed by atoms with Crippen molar-refractivity contribution < 1.29 is 5.11 Å². The van der Waals surface area contributed by atoms with Crippen molar-refractivity contribution in [3.8, 4) is 0 Å². The van der Waals surface area contributed by atoms with Crippen LogP contribution in [-0.4, -0.2) is 18.3 Å². The van der Waals surface area contributed by atoms with Crippen LogP contribution in [0.15, 0.2) is 30.8 Å². The molecule has 0 radical (unpaired) electrons. The van der Waals surface area contributed by atoms with Crippen LogP contribution in [0.25, 0.3) is 5.70 Å². The van der Waals surface area contributed by atoms with Gasteiger partial charge in [-0.25, -0.2) is 0 Å². The van der Waals surface area contributed by atoms with Gasteiger partial charge in [0.05, 0.1) is 6.61 Å². The van der Waals surface area contributed by atoms with Crippen LogP contribution in [0.1, 0.15) is 11.1 Å². The van der Waals surface area contributed by atoms with Gasteiger partial charge in [0.15, 0.2) is 0 Å². The van der Waals surface area contributed by atoms with Crippen molar-refractivity contribution in [1.29, 1.82) is 0 Å². The Kier molecular flexibility index (Phi) is 3.53. The summed E-state index contributed by atoms with van der Waals surface area (Å²) in [5.41, 5.74) is 3.16. The molecule has 0 aliphatic heterocycles. The van der Waals surface area contributed by atoms with E-state index in [2.05, 4.69) is 11.9 Å². The molecule has 1 rings (SSSR count). The molecule has 0 aromatic heterocycles. The average molecular weight is 177 g/mol. The molecule has 13 heavy (non-hydrogen) atoms. The second-order valence-electron chi connectivity index (χ2n) is 2.99. The maximum Gasteiger partial charge on any atom is 0.0604 e. The van der Waals surface area contributed by atoms with E-state index in [9.17, 15) is 0 Å². The monoisotopic (exact) mass is 177 g/mol. The first kappa shape index (κ1) is 9.81. The van der Waals surface area contributed by atoms with Crippen molar-refractivity contribution >= 4 is 5.70 Å². The van der Waals surface area contributed by atoms with Gasteiger partial charge in [0, 0.05) is 12.2 Å². The zero-order valence-electron chi connectivity index (χ0n) is 7.88. The number of aliphatic hydroxyl groups is 1. The second kappa shape index (κ2) is 4.67. The fourth-order valence-corrected chi connectivity index (χ4v) is 1.06. The molecule has 0 bridgehead atoms. The SMILES string of the molecule is C=C(NCCO)c1ccc(C)cc1. The van der Waals surface area contributed by atoms with Crippen LogP contribution in [0.3, 0.4) is 0 Å². The topological polar surface area (TPSA) is 32.3 Å². The summed E-state index contributed by atoms with van der Waals surface area (Å²) in [6, 6.07) is 8.12. The van der Waals surface area contributed by atoms with Crippen LogP contribution >= 0.6 is 0 Å². The highest BCUT2D eigenvalue weighted by molar-refractivity contribution is 5.61. The summed E-state index contributed by atoms with van der Waals surface area (Å²) < 4.78 is 0. The highest BCUT2D eigenvalue weighted by Crippen LogP contribution is 2.09. The van der Waals surface area contributed by atoms with E-state index >= 15 is 0 Å². The van der Waals surface area contributed by atoms with Crippen LogP contribution in [0.5, 0.6) is 0 Å². The van der Waals surface area contributed by atoms with E-state index in [0.29, 0.717) is 6.54 Å². The van der Waals surface area contributed by atoms with Gasteiger partial charge in [-0.3, -0.25) is 0 Å². The predicted octanol–water partition coefficient (Wildman–Crippen LogP) is 1.55. The summed E-state index contributed by atoms with van der Waals surface area (Å²) in [6.45, 7) is 6.60. The molecule has 1 aromatic rings. The number of aryl methyl sites for hydroxylation is 1. The van der Waals surface area contributed by atoms with Crippen LogP contribution in [-0.2, 0) is 0 Å². The molecule has 0 aliphatic carbocycles. The van der Waals surface area contributed by atoms with E-state index in [1.54, 1.807) is 0 Å². The van der Waals surface area contributed by atoms with E-state index in [1.165, 1.54) is 5.56 Å². The predicted molar refractivity (Wildman–Crippen MR) is 55.3 cm³/mol. The average Bonchev–Trinajstić information content (AvgIpc) is 2.15. The molecular formula is C11H15NO. The molecular weight excluding hydrogens is 162 g/mol. The lowest BCUT2D eigenvalue weighted by atomic mass is 10.1. The molecule has 1 aromatic carbocycles. The molecule has 0 atom stereocenters. The Balaban J connectivity index is 2.61. The Morgan fingerprint density at radius 3 is 2.54 bits per heavy atom. The highest BCUT2D eigenvalue weighted by Gasteiger charge is 1.95. The van der Waals surface area contributed by atoms with Gasteiger partial charge in [0.2, 0.25) is 0 Å². The van der Waals surface area contributed by atoms with Crippen molar-refractivity contribution in [3.63, 3.8) is 0 Å². The number of hydrogen-bond acceptors (Lipinski definition) is 2. The number of nitrogens with one attached hydrogen (secondary N) is 1. The van der Waals surface area contributed by atoms with Crippen molar-refractivity contribution in [2.24, 2.45) is 0 Å². The van der Waals surface area contributed by atoms with Gasteiger partial charge in [-0.1, -0.05) is 36.4 Å². The maximum atomic E-state index is 8.60. The first-order valence-electron chi connectivity index (χ1n) is 4.34. The van der Waals surface area contributed by atoms with Crippen LogP contribution in [0, 0.1) is 6.92 Å². The Labute approximate surface area is 78.9 Å². The standard InChI is InChI=1S/C11H15NO/c1-9-3-5-11(6-4-9)10(2)12-7-8-13/h3-6,12-13H,2,7-8H2,1H3. The van der Waals surface area contributed by atoms with Crippen molar-refractivity contribution in [3.05, 3.63) is 42.0 Å². The van der Waals surface area contributed by atoms with E-state index in [-0.39, 0.29) is 6.61 Å². The number of rotatable bonds is 4. The Morgan fingerprint density at radius 1 is 1.38 bits per heavy atom. The molecule has 0 unspecified atom stereocenters. The third-order valence-corrected chi connectivity index (χ3v) is 1.85. The molecule has 2 nitrogen and oxygen atoms in total. The summed E-state index contributed by atoms with van der Waals surface area (Å²) >= 11 is 0. The fourth-order valence-electron chi connectivity index (χ4n) is 1.06. The fraction of sp³-hybridized carbons (Fsp3) is 0.273. The molecule has 0 aliphatic rings. The van der Waals surface area contributed by atoms with Crippen LogP contribution < -0.4 is 5.32 Å². The summed E-state index contributed by atoms with van der Waals surface area (Å²) in [6.07, 6.45) is 0. The number of aliphatic hydroxyl groups excluding tert-OH is 1.